The van der Waals surface area contributed by atoms with E-state index in [4.69, 9.17) is 20.4 Å². The number of carbonyl (C=O) groups excluding carboxylic acids is 1. The fourth-order valence-corrected chi connectivity index (χ4v) is 3.03. The van der Waals surface area contributed by atoms with E-state index >= 15 is 0 Å². The standard InChI is InChI=1S/C18H36O3.C7H12O4/c19-17-15-13-11-9-7-5-3-1-2-4-6-8-10-12-14-16-18(20)21;1-5(2)7(10)11-4-6(9)3-8/h19H,1-17H2,(H,20,21);6,8-9H,1,3-4H2,2H3. The van der Waals surface area contributed by atoms with Crippen molar-refractivity contribution in [1.29, 1.82) is 0 Å². The number of hydrogen-bond donors (Lipinski definition) is 4. The molecule has 4 N–H and O–H groups in total. The van der Waals surface area contributed by atoms with Crippen LogP contribution in [0.15, 0.2) is 12.2 Å². The van der Waals surface area contributed by atoms with Gasteiger partial charge in [0.1, 0.15) is 12.7 Å². The second-order valence-electron chi connectivity index (χ2n) is 8.39. The molecule has 0 spiro atoms. The van der Waals surface area contributed by atoms with Gasteiger partial charge in [-0.15, -0.1) is 0 Å². The van der Waals surface area contributed by atoms with Gasteiger partial charge in [0.15, 0.2) is 0 Å². The van der Waals surface area contributed by atoms with Crippen LogP contribution in [0.4, 0.5) is 0 Å². The Labute approximate surface area is 194 Å². The molecule has 0 aliphatic carbocycles. The number of carbonyl (C=O) groups is 2. The zero-order valence-corrected chi connectivity index (χ0v) is 20.2. The molecule has 0 heterocycles. The van der Waals surface area contributed by atoms with E-state index in [9.17, 15) is 9.59 Å². The Kier molecular flexibility index (Phi) is 26.4. The number of carboxylic acid groups (broad SMARTS) is 1. The number of rotatable bonds is 21. The van der Waals surface area contributed by atoms with Crippen LogP contribution >= 0.6 is 0 Å². The predicted octanol–water partition coefficient (Wildman–Crippen LogP) is 4.76. The van der Waals surface area contributed by atoms with Crippen molar-refractivity contribution in [3.8, 4) is 0 Å². The molecule has 190 valence electrons. The summed E-state index contributed by atoms with van der Waals surface area (Å²) in [5.74, 6) is -1.22. The molecule has 0 aliphatic heterocycles. The van der Waals surface area contributed by atoms with E-state index in [0.29, 0.717) is 13.0 Å². The fourth-order valence-electron chi connectivity index (χ4n) is 3.03. The number of aliphatic carboxylic acids is 1. The maximum atomic E-state index is 10.6. The van der Waals surface area contributed by atoms with Crippen molar-refractivity contribution >= 4 is 11.9 Å². The third-order valence-electron chi connectivity index (χ3n) is 5.01. The Balaban J connectivity index is 0. The van der Waals surface area contributed by atoms with E-state index in [2.05, 4.69) is 11.3 Å². The summed E-state index contributed by atoms with van der Waals surface area (Å²) in [4.78, 5) is 21.0. The number of aliphatic hydroxyl groups is 3. The number of unbranched alkanes of at least 4 members (excludes halogenated alkanes) is 14. The highest BCUT2D eigenvalue weighted by Crippen LogP contribution is 2.13. The van der Waals surface area contributed by atoms with Crippen molar-refractivity contribution in [3.05, 3.63) is 12.2 Å². The predicted molar refractivity (Wildman–Crippen MR) is 127 cm³/mol. The second-order valence-corrected chi connectivity index (χ2v) is 8.39. The van der Waals surface area contributed by atoms with Gasteiger partial charge < -0.3 is 25.2 Å². The van der Waals surface area contributed by atoms with Gasteiger partial charge in [0, 0.05) is 18.6 Å². The van der Waals surface area contributed by atoms with Crippen molar-refractivity contribution in [2.45, 2.75) is 116 Å². The quantitative estimate of drug-likeness (QED) is 0.110. The van der Waals surface area contributed by atoms with E-state index in [1.165, 1.54) is 84.0 Å². The molecule has 0 fully saturated rings. The average molecular weight is 461 g/mol. The van der Waals surface area contributed by atoms with E-state index in [0.717, 1.165) is 19.3 Å². The maximum absolute atomic E-state index is 10.6. The largest absolute Gasteiger partial charge is 0.481 e. The first-order chi connectivity index (χ1) is 15.3. The van der Waals surface area contributed by atoms with Crippen molar-refractivity contribution in [2.75, 3.05) is 19.8 Å². The first kappa shape index (κ1) is 32.7. The van der Waals surface area contributed by atoms with Crippen LogP contribution in [0.5, 0.6) is 0 Å². The van der Waals surface area contributed by atoms with Gasteiger partial charge in [-0.1, -0.05) is 90.0 Å². The Morgan fingerprint density at radius 2 is 1.12 bits per heavy atom. The third-order valence-corrected chi connectivity index (χ3v) is 5.01. The number of ether oxygens (including phenoxy) is 1. The van der Waals surface area contributed by atoms with Gasteiger partial charge >= 0.3 is 11.9 Å². The van der Waals surface area contributed by atoms with Crippen molar-refractivity contribution in [3.63, 3.8) is 0 Å². The van der Waals surface area contributed by atoms with Crippen LogP contribution < -0.4 is 0 Å². The van der Waals surface area contributed by atoms with Crippen LogP contribution in [-0.2, 0) is 14.3 Å². The van der Waals surface area contributed by atoms with Crippen LogP contribution in [0.3, 0.4) is 0 Å². The molecule has 0 radical (unpaired) electrons. The topological polar surface area (TPSA) is 124 Å². The Bertz CT molecular complexity index is 452. The molecule has 7 heteroatoms. The summed E-state index contributed by atoms with van der Waals surface area (Å²) in [6.07, 6.45) is 18.0. The molecule has 0 aromatic heterocycles. The molecule has 0 saturated carbocycles. The molecule has 0 saturated heterocycles. The van der Waals surface area contributed by atoms with Crippen LogP contribution in [0, 0.1) is 0 Å². The number of esters is 1. The molecule has 0 aliphatic rings. The van der Waals surface area contributed by atoms with Gasteiger partial charge in [0.2, 0.25) is 0 Å². The Hall–Kier alpha value is -1.44. The number of aliphatic hydroxyl groups excluding tert-OH is 3. The van der Waals surface area contributed by atoms with E-state index < -0.39 is 24.6 Å². The summed E-state index contributed by atoms with van der Waals surface area (Å²) >= 11 is 0. The molecule has 1 unspecified atom stereocenters. The summed E-state index contributed by atoms with van der Waals surface area (Å²) in [5, 5.41) is 34.2. The van der Waals surface area contributed by atoms with Gasteiger partial charge in [0.25, 0.3) is 0 Å². The van der Waals surface area contributed by atoms with Crippen molar-refractivity contribution in [1.82, 2.24) is 0 Å². The minimum Gasteiger partial charge on any atom is -0.481 e. The van der Waals surface area contributed by atoms with Crippen LogP contribution in [0.2, 0.25) is 0 Å². The second kappa shape index (κ2) is 25.8. The molecule has 0 aromatic carbocycles. The lowest BCUT2D eigenvalue weighted by molar-refractivity contribution is -0.142. The first-order valence-electron chi connectivity index (χ1n) is 12.3. The lowest BCUT2D eigenvalue weighted by atomic mass is 10.0. The van der Waals surface area contributed by atoms with Gasteiger partial charge in [-0.2, -0.15) is 0 Å². The third kappa shape index (κ3) is 28.6. The van der Waals surface area contributed by atoms with E-state index in [1.807, 2.05) is 0 Å². The summed E-state index contributed by atoms with van der Waals surface area (Å²) < 4.78 is 4.51. The molecule has 7 nitrogen and oxygen atoms in total. The molecule has 0 rings (SSSR count). The van der Waals surface area contributed by atoms with Crippen LogP contribution in [0.1, 0.15) is 110 Å². The van der Waals surface area contributed by atoms with Crippen LogP contribution in [-0.4, -0.2) is 58.3 Å². The number of carboxylic acids is 1. The molecule has 0 aromatic rings. The van der Waals surface area contributed by atoms with E-state index in [1.54, 1.807) is 0 Å². The molecule has 0 amide bonds. The number of hydrogen-bond acceptors (Lipinski definition) is 6. The van der Waals surface area contributed by atoms with E-state index in [-0.39, 0.29) is 12.2 Å². The summed E-state index contributed by atoms with van der Waals surface area (Å²) in [7, 11) is 0. The molecule has 1 atom stereocenters. The SMILES string of the molecule is C=C(C)C(=O)OCC(O)CO.O=C(O)CCCCCCCCCCCCCCCCCO. The maximum Gasteiger partial charge on any atom is 0.333 e. The molecule has 32 heavy (non-hydrogen) atoms. The van der Waals surface area contributed by atoms with Crippen molar-refractivity contribution in [2.24, 2.45) is 0 Å². The van der Waals surface area contributed by atoms with Gasteiger partial charge in [-0.25, -0.2) is 4.79 Å². The minimum atomic E-state index is -1.00. The molecular weight excluding hydrogens is 412 g/mol. The lowest BCUT2D eigenvalue weighted by Crippen LogP contribution is -2.22. The summed E-state index contributed by atoms with van der Waals surface area (Å²) in [6, 6.07) is 0. The highest BCUT2D eigenvalue weighted by atomic mass is 16.5. The minimum absolute atomic E-state index is 0.192. The smallest absolute Gasteiger partial charge is 0.333 e. The Morgan fingerprint density at radius 1 is 0.750 bits per heavy atom. The van der Waals surface area contributed by atoms with Crippen LogP contribution in [0.25, 0.3) is 0 Å². The molecular formula is C25H48O7. The first-order valence-corrected chi connectivity index (χ1v) is 12.3. The zero-order valence-electron chi connectivity index (χ0n) is 20.2. The fraction of sp³-hybridized carbons (Fsp3) is 0.840. The van der Waals surface area contributed by atoms with Crippen molar-refractivity contribution < 1.29 is 34.8 Å². The monoisotopic (exact) mass is 460 g/mol. The normalized spacial score (nSPS) is 11.4. The lowest BCUT2D eigenvalue weighted by Gasteiger charge is -2.07. The van der Waals surface area contributed by atoms with Gasteiger partial charge in [-0.05, 0) is 19.8 Å². The highest BCUT2D eigenvalue weighted by Gasteiger charge is 2.07. The molecule has 0 bridgehead atoms. The highest BCUT2D eigenvalue weighted by molar-refractivity contribution is 5.86. The summed E-state index contributed by atoms with van der Waals surface area (Å²) in [6.45, 7) is 4.59. The zero-order chi connectivity index (χ0) is 24.5. The van der Waals surface area contributed by atoms with Gasteiger partial charge in [0.05, 0.1) is 6.61 Å². The van der Waals surface area contributed by atoms with Gasteiger partial charge in [-0.3, -0.25) is 4.79 Å². The summed E-state index contributed by atoms with van der Waals surface area (Å²) in [5.41, 5.74) is 0.273. The Morgan fingerprint density at radius 3 is 1.44 bits per heavy atom. The average Bonchev–Trinajstić information content (AvgIpc) is 2.77.